The Hall–Kier alpha value is -2.59. The number of hydrogen-bond donors (Lipinski definition) is 2. The predicted molar refractivity (Wildman–Crippen MR) is 124 cm³/mol. The number of nitrogens with one attached hydrogen (secondary N) is 2. The molecule has 10 heteroatoms. The number of aryl methyl sites for hydroxylation is 1. The van der Waals surface area contributed by atoms with Crippen LogP contribution in [0.2, 0.25) is 0 Å². The van der Waals surface area contributed by atoms with E-state index in [0.717, 1.165) is 42.5 Å². The van der Waals surface area contributed by atoms with Crippen molar-refractivity contribution in [2.24, 2.45) is 0 Å². The molecule has 1 atom stereocenters. The summed E-state index contributed by atoms with van der Waals surface area (Å²) >= 11 is 1.66. The second kappa shape index (κ2) is 10.4. The van der Waals surface area contributed by atoms with E-state index in [1.165, 1.54) is 4.88 Å². The van der Waals surface area contributed by atoms with Crippen LogP contribution in [0.15, 0.2) is 18.5 Å². The highest BCUT2D eigenvalue weighted by Crippen LogP contribution is 2.28. The SMILES string of the molecule is CCCc1cnc(Nc2ccnc(C3CCN(C(=O)[C@@H]4CN(C(C)=O)CCN4)CC3)n2)s1. The van der Waals surface area contributed by atoms with E-state index in [9.17, 15) is 9.59 Å². The molecule has 0 aromatic carbocycles. The number of carbonyl (C=O) groups excluding carboxylic acids is 2. The largest absolute Gasteiger partial charge is 0.341 e. The van der Waals surface area contributed by atoms with E-state index in [-0.39, 0.29) is 23.8 Å². The minimum absolute atomic E-state index is 0.0213. The average molecular weight is 458 g/mol. The molecule has 0 radical (unpaired) electrons. The minimum Gasteiger partial charge on any atom is -0.341 e. The van der Waals surface area contributed by atoms with E-state index in [1.54, 1.807) is 29.4 Å². The van der Waals surface area contributed by atoms with Crippen LogP contribution in [-0.2, 0) is 16.0 Å². The second-order valence-corrected chi connectivity index (χ2v) is 9.49. The van der Waals surface area contributed by atoms with Gasteiger partial charge in [-0.25, -0.2) is 15.0 Å². The van der Waals surface area contributed by atoms with Crippen molar-refractivity contribution in [3.05, 3.63) is 29.2 Å². The molecule has 0 aliphatic carbocycles. The molecule has 9 nitrogen and oxygen atoms in total. The van der Waals surface area contributed by atoms with Gasteiger partial charge in [-0.15, -0.1) is 11.3 Å². The van der Waals surface area contributed by atoms with E-state index in [2.05, 4.69) is 27.5 Å². The van der Waals surface area contributed by atoms with Gasteiger partial charge in [-0.05, 0) is 25.3 Å². The van der Waals surface area contributed by atoms with Crippen molar-refractivity contribution in [3.63, 3.8) is 0 Å². The first-order chi connectivity index (χ1) is 15.5. The molecule has 0 saturated carbocycles. The maximum Gasteiger partial charge on any atom is 0.241 e. The van der Waals surface area contributed by atoms with Gasteiger partial charge in [0.2, 0.25) is 11.8 Å². The normalized spacial score (nSPS) is 19.8. The van der Waals surface area contributed by atoms with Crippen LogP contribution in [0.5, 0.6) is 0 Å². The molecular weight excluding hydrogens is 426 g/mol. The van der Waals surface area contributed by atoms with E-state index < -0.39 is 0 Å². The molecule has 2 saturated heterocycles. The quantitative estimate of drug-likeness (QED) is 0.685. The summed E-state index contributed by atoms with van der Waals surface area (Å²) in [6.45, 7) is 6.82. The summed E-state index contributed by atoms with van der Waals surface area (Å²) in [5.41, 5.74) is 0. The van der Waals surface area contributed by atoms with Crippen molar-refractivity contribution in [3.8, 4) is 0 Å². The molecule has 4 heterocycles. The van der Waals surface area contributed by atoms with Crippen LogP contribution in [0.3, 0.4) is 0 Å². The zero-order chi connectivity index (χ0) is 22.5. The molecule has 0 spiro atoms. The monoisotopic (exact) mass is 457 g/mol. The van der Waals surface area contributed by atoms with Gasteiger partial charge in [-0.1, -0.05) is 13.3 Å². The Bertz CT molecular complexity index is 942. The Balaban J connectivity index is 1.32. The van der Waals surface area contributed by atoms with E-state index in [4.69, 9.17) is 4.98 Å². The molecule has 172 valence electrons. The highest BCUT2D eigenvalue weighted by molar-refractivity contribution is 7.15. The standard InChI is InChI=1S/C22H31N7O2S/c1-3-4-17-13-25-22(32-17)27-19-5-8-24-20(26-19)16-6-10-28(11-7-16)21(31)18-14-29(15(2)30)12-9-23-18/h5,8,13,16,18,23H,3-4,6-7,9-12,14H2,1-2H3,(H,24,25,26,27)/t18-/m0/s1. The summed E-state index contributed by atoms with van der Waals surface area (Å²) in [4.78, 5) is 43.2. The lowest BCUT2D eigenvalue weighted by Gasteiger charge is -2.37. The first kappa shape index (κ1) is 22.6. The lowest BCUT2D eigenvalue weighted by Crippen LogP contribution is -2.59. The van der Waals surface area contributed by atoms with Gasteiger partial charge in [0.15, 0.2) is 5.13 Å². The molecular formula is C22H31N7O2S. The molecule has 2 amide bonds. The van der Waals surface area contributed by atoms with Crippen molar-refractivity contribution >= 4 is 34.1 Å². The zero-order valence-corrected chi connectivity index (χ0v) is 19.5. The van der Waals surface area contributed by atoms with Crippen LogP contribution in [0.1, 0.15) is 49.7 Å². The van der Waals surface area contributed by atoms with Gasteiger partial charge in [-0.2, -0.15) is 0 Å². The summed E-state index contributed by atoms with van der Waals surface area (Å²) in [5.74, 6) is 1.89. The van der Waals surface area contributed by atoms with Crippen LogP contribution in [0.25, 0.3) is 0 Å². The summed E-state index contributed by atoms with van der Waals surface area (Å²) in [5, 5.41) is 7.40. The Morgan fingerprint density at radius 2 is 2.03 bits per heavy atom. The fourth-order valence-electron chi connectivity index (χ4n) is 4.26. The number of piperazine rings is 1. The number of aromatic nitrogens is 3. The van der Waals surface area contributed by atoms with Gasteiger partial charge >= 0.3 is 0 Å². The number of rotatable bonds is 6. The Morgan fingerprint density at radius 3 is 2.78 bits per heavy atom. The molecule has 32 heavy (non-hydrogen) atoms. The number of amides is 2. The maximum absolute atomic E-state index is 12.9. The Kier molecular flexibility index (Phi) is 7.31. The van der Waals surface area contributed by atoms with Gasteiger partial charge in [0, 0.05) is 62.8 Å². The first-order valence-electron chi connectivity index (χ1n) is 11.4. The topological polar surface area (TPSA) is 103 Å². The predicted octanol–water partition coefficient (Wildman–Crippen LogP) is 2.16. The first-order valence-corrected chi connectivity index (χ1v) is 12.2. The number of piperidine rings is 1. The molecule has 2 aliphatic rings. The lowest BCUT2D eigenvalue weighted by molar-refractivity contribution is -0.138. The summed E-state index contributed by atoms with van der Waals surface area (Å²) in [7, 11) is 0. The van der Waals surface area contributed by atoms with Gasteiger partial charge < -0.3 is 20.4 Å². The van der Waals surface area contributed by atoms with Crippen LogP contribution in [0, 0.1) is 0 Å². The molecule has 0 bridgehead atoms. The smallest absolute Gasteiger partial charge is 0.241 e. The molecule has 2 aromatic heterocycles. The van der Waals surface area contributed by atoms with Crippen molar-refractivity contribution in [1.29, 1.82) is 0 Å². The van der Waals surface area contributed by atoms with E-state index >= 15 is 0 Å². The summed E-state index contributed by atoms with van der Waals surface area (Å²) < 4.78 is 0. The van der Waals surface area contributed by atoms with Crippen LogP contribution >= 0.6 is 11.3 Å². The summed E-state index contributed by atoms with van der Waals surface area (Å²) in [6, 6.07) is 1.54. The molecule has 0 unspecified atom stereocenters. The minimum atomic E-state index is -0.316. The molecule has 2 fully saturated rings. The third-order valence-corrected chi connectivity index (χ3v) is 7.02. The van der Waals surface area contributed by atoms with Gasteiger partial charge in [0.05, 0.1) is 0 Å². The lowest BCUT2D eigenvalue weighted by atomic mass is 9.95. The zero-order valence-electron chi connectivity index (χ0n) is 18.7. The highest BCUT2D eigenvalue weighted by Gasteiger charge is 2.32. The van der Waals surface area contributed by atoms with Crippen molar-refractivity contribution in [2.45, 2.75) is 51.5 Å². The van der Waals surface area contributed by atoms with Crippen molar-refractivity contribution < 1.29 is 9.59 Å². The van der Waals surface area contributed by atoms with Crippen LogP contribution in [-0.4, -0.2) is 75.3 Å². The number of thiazole rings is 1. The second-order valence-electron chi connectivity index (χ2n) is 8.38. The number of hydrogen-bond acceptors (Lipinski definition) is 8. The van der Waals surface area contributed by atoms with Gasteiger partial charge in [0.25, 0.3) is 0 Å². The number of carbonyl (C=O) groups is 2. The Morgan fingerprint density at radius 1 is 1.22 bits per heavy atom. The summed E-state index contributed by atoms with van der Waals surface area (Å²) in [6.07, 6.45) is 7.50. The van der Waals surface area contributed by atoms with Gasteiger partial charge in [0.1, 0.15) is 17.7 Å². The fraction of sp³-hybridized carbons (Fsp3) is 0.591. The van der Waals surface area contributed by atoms with E-state index in [0.29, 0.717) is 32.7 Å². The molecule has 2 N–H and O–H groups in total. The van der Waals surface area contributed by atoms with Crippen LogP contribution in [0.4, 0.5) is 10.9 Å². The number of likely N-dealkylation sites (tertiary alicyclic amines) is 1. The Labute approximate surface area is 192 Å². The van der Waals surface area contributed by atoms with Crippen molar-refractivity contribution in [1.82, 2.24) is 30.1 Å². The third kappa shape index (κ3) is 5.42. The van der Waals surface area contributed by atoms with Crippen molar-refractivity contribution in [2.75, 3.05) is 38.0 Å². The van der Waals surface area contributed by atoms with E-state index in [1.807, 2.05) is 17.2 Å². The van der Waals surface area contributed by atoms with Gasteiger partial charge in [-0.3, -0.25) is 9.59 Å². The molecule has 4 rings (SSSR count). The average Bonchev–Trinajstić information content (AvgIpc) is 3.26. The third-order valence-electron chi connectivity index (χ3n) is 6.05. The number of nitrogens with zero attached hydrogens (tertiary/aromatic N) is 5. The molecule has 2 aliphatic heterocycles. The molecule has 2 aromatic rings. The maximum atomic E-state index is 12.9. The fourth-order valence-corrected chi connectivity index (χ4v) is 5.18. The van der Waals surface area contributed by atoms with Crippen LogP contribution < -0.4 is 10.6 Å². The highest BCUT2D eigenvalue weighted by atomic mass is 32.1. The number of anilines is 2.